The fourth-order valence-corrected chi connectivity index (χ4v) is 9.18. The van der Waals surface area contributed by atoms with Gasteiger partial charge in [0, 0.05) is 16.5 Å². The number of aromatic nitrogens is 1. The van der Waals surface area contributed by atoms with E-state index in [2.05, 4.69) is 26.1 Å². The lowest BCUT2D eigenvalue weighted by atomic mass is 9.81. The maximum absolute atomic E-state index is 14.2. The van der Waals surface area contributed by atoms with Crippen molar-refractivity contribution in [2.45, 2.75) is 48.9 Å². The van der Waals surface area contributed by atoms with E-state index in [1.807, 2.05) is 66.7 Å². The first-order valence-corrected chi connectivity index (χ1v) is 17.0. The molecule has 3 amide bonds. The largest absolute Gasteiger partial charge is 0.497 e. The van der Waals surface area contributed by atoms with Gasteiger partial charge in [-0.3, -0.25) is 23.7 Å². The number of anilines is 2. The maximum Gasteiger partial charge on any atom is 0.308 e. The summed E-state index contributed by atoms with van der Waals surface area (Å²) in [7, 11) is 1.56. The van der Waals surface area contributed by atoms with Crippen LogP contribution in [0, 0.1) is 5.92 Å². The lowest BCUT2D eigenvalue weighted by Gasteiger charge is -2.31. The van der Waals surface area contributed by atoms with Crippen LogP contribution in [-0.2, 0) is 26.3 Å². The quantitative estimate of drug-likeness (QED) is 0.201. The molecule has 2 aliphatic heterocycles. The molecule has 0 radical (unpaired) electrons. The third-order valence-electron chi connectivity index (χ3n) is 8.85. The molecule has 1 N–H and O–H groups in total. The minimum absolute atomic E-state index is 0.0779. The number of nitrogens with zero attached hydrogens (tertiary/aromatic N) is 2. The van der Waals surface area contributed by atoms with Crippen molar-refractivity contribution in [2.24, 2.45) is 5.92 Å². The van der Waals surface area contributed by atoms with E-state index in [-0.39, 0.29) is 34.6 Å². The molecule has 0 spiro atoms. The molecule has 10 heteroatoms. The molecular formula is C37H33N3O5S2. The molecule has 1 fully saturated rings. The van der Waals surface area contributed by atoms with Crippen molar-refractivity contribution < 1.29 is 19.1 Å². The molecule has 8 nitrogen and oxygen atoms in total. The molecule has 0 aliphatic carbocycles. The SMILES string of the molecule is COc1ccc(N2C(=O)[C@H]3[C@H](c4ccc(C(C)(C)C)cc4)c4sc(=O)n(CC(=O)Nc5ccc6ccccc6c5)c4S[C@H]3C2=O)cc1. The number of rotatable bonds is 6. The van der Waals surface area contributed by atoms with E-state index in [0.717, 1.165) is 33.2 Å². The Morgan fingerprint density at radius 1 is 0.872 bits per heavy atom. The maximum atomic E-state index is 14.2. The fourth-order valence-electron chi connectivity index (χ4n) is 6.40. The molecule has 4 aromatic carbocycles. The Labute approximate surface area is 280 Å². The van der Waals surface area contributed by atoms with Crippen LogP contribution in [0.25, 0.3) is 10.8 Å². The molecule has 0 unspecified atom stereocenters. The van der Waals surface area contributed by atoms with E-state index in [1.54, 1.807) is 31.4 Å². The van der Waals surface area contributed by atoms with E-state index < -0.39 is 17.1 Å². The normalized spacial score (nSPS) is 19.1. The summed E-state index contributed by atoms with van der Waals surface area (Å²) in [6, 6.07) is 28.5. The van der Waals surface area contributed by atoms with E-state index >= 15 is 0 Å². The summed E-state index contributed by atoms with van der Waals surface area (Å²) in [5, 5.41) is 4.76. The van der Waals surface area contributed by atoms with E-state index in [4.69, 9.17) is 4.74 Å². The molecule has 0 saturated carbocycles. The van der Waals surface area contributed by atoms with Crippen molar-refractivity contribution >= 4 is 63.0 Å². The monoisotopic (exact) mass is 663 g/mol. The Kier molecular flexibility index (Phi) is 7.80. The number of hydrogen-bond acceptors (Lipinski definition) is 7. The molecule has 2 aliphatic rings. The zero-order valence-electron chi connectivity index (χ0n) is 26.4. The second-order valence-electron chi connectivity index (χ2n) is 12.9. The predicted molar refractivity (Wildman–Crippen MR) is 187 cm³/mol. The van der Waals surface area contributed by atoms with Crippen LogP contribution in [0.4, 0.5) is 11.4 Å². The van der Waals surface area contributed by atoms with Crippen molar-refractivity contribution in [1.82, 2.24) is 4.57 Å². The number of methoxy groups -OCH3 is 1. The Balaban J connectivity index is 1.26. The number of thiazole rings is 1. The van der Waals surface area contributed by atoms with Crippen LogP contribution in [0.5, 0.6) is 5.75 Å². The van der Waals surface area contributed by atoms with Gasteiger partial charge < -0.3 is 10.1 Å². The number of benzene rings is 4. The summed E-state index contributed by atoms with van der Waals surface area (Å²) in [6.45, 7) is 6.18. The third kappa shape index (κ3) is 5.55. The van der Waals surface area contributed by atoms with Crippen molar-refractivity contribution in [3.8, 4) is 5.75 Å². The van der Waals surface area contributed by atoms with Gasteiger partial charge in [0.1, 0.15) is 17.5 Å². The van der Waals surface area contributed by atoms with Crippen molar-refractivity contribution in [2.75, 3.05) is 17.3 Å². The highest BCUT2D eigenvalue weighted by atomic mass is 32.2. The first-order chi connectivity index (χ1) is 22.5. The molecule has 0 bridgehead atoms. The molecular weight excluding hydrogens is 631 g/mol. The van der Waals surface area contributed by atoms with Gasteiger partial charge >= 0.3 is 4.87 Å². The van der Waals surface area contributed by atoms with Crippen LogP contribution in [0.3, 0.4) is 0 Å². The number of thioether (sulfide) groups is 1. The number of amides is 3. The van der Waals surface area contributed by atoms with Gasteiger partial charge in [0.05, 0.1) is 23.7 Å². The van der Waals surface area contributed by atoms with E-state index in [1.165, 1.54) is 21.2 Å². The zero-order chi connectivity index (χ0) is 33.0. The third-order valence-corrected chi connectivity index (χ3v) is 11.5. The lowest BCUT2D eigenvalue weighted by Crippen LogP contribution is -2.33. The summed E-state index contributed by atoms with van der Waals surface area (Å²) >= 11 is 2.25. The summed E-state index contributed by atoms with van der Waals surface area (Å²) in [4.78, 5) is 56.8. The van der Waals surface area contributed by atoms with Gasteiger partial charge in [0.25, 0.3) is 0 Å². The van der Waals surface area contributed by atoms with Gasteiger partial charge in [-0.15, -0.1) is 0 Å². The highest BCUT2D eigenvalue weighted by Gasteiger charge is 2.56. The van der Waals surface area contributed by atoms with Crippen molar-refractivity contribution in [3.05, 3.63) is 117 Å². The van der Waals surface area contributed by atoms with Crippen LogP contribution >= 0.6 is 23.1 Å². The Hall–Kier alpha value is -4.67. The number of nitrogens with one attached hydrogen (secondary N) is 1. The predicted octanol–water partition coefficient (Wildman–Crippen LogP) is 6.80. The summed E-state index contributed by atoms with van der Waals surface area (Å²) in [5.41, 5.74) is 3.00. The van der Waals surface area contributed by atoms with E-state index in [0.29, 0.717) is 27.0 Å². The van der Waals surface area contributed by atoms with Gasteiger partial charge in [-0.2, -0.15) is 0 Å². The Morgan fingerprint density at radius 2 is 1.57 bits per heavy atom. The van der Waals surface area contributed by atoms with Gasteiger partial charge in [-0.25, -0.2) is 4.90 Å². The van der Waals surface area contributed by atoms with Crippen LogP contribution in [0.2, 0.25) is 0 Å². The highest BCUT2D eigenvalue weighted by Crippen LogP contribution is 2.54. The van der Waals surface area contributed by atoms with Crippen LogP contribution < -0.4 is 19.8 Å². The summed E-state index contributed by atoms with van der Waals surface area (Å²) in [6.07, 6.45) is 0. The molecule has 5 aromatic rings. The second kappa shape index (κ2) is 11.8. The van der Waals surface area contributed by atoms with Crippen LogP contribution in [0.15, 0.2) is 101 Å². The number of hydrogen-bond donors (Lipinski definition) is 1. The Bertz CT molecular complexity index is 2090. The minimum atomic E-state index is -0.770. The molecule has 3 atom stereocenters. The van der Waals surface area contributed by atoms with Crippen molar-refractivity contribution in [3.63, 3.8) is 0 Å². The molecule has 47 heavy (non-hydrogen) atoms. The highest BCUT2D eigenvalue weighted by molar-refractivity contribution is 8.00. The first-order valence-electron chi connectivity index (χ1n) is 15.3. The van der Waals surface area contributed by atoms with Gasteiger partial charge in [0.15, 0.2) is 0 Å². The number of carbonyl (C=O) groups excluding carboxylic acids is 3. The van der Waals surface area contributed by atoms with Gasteiger partial charge in [0.2, 0.25) is 17.7 Å². The van der Waals surface area contributed by atoms with Gasteiger partial charge in [-0.05, 0) is 63.7 Å². The van der Waals surface area contributed by atoms with Crippen molar-refractivity contribution in [1.29, 1.82) is 0 Å². The Morgan fingerprint density at radius 3 is 2.26 bits per heavy atom. The molecule has 3 heterocycles. The first kappa shape index (κ1) is 31.0. The average molecular weight is 664 g/mol. The molecule has 238 valence electrons. The second-order valence-corrected chi connectivity index (χ2v) is 15.0. The zero-order valence-corrected chi connectivity index (χ0v) is 28.0. The minimum Gasteiger partial charge on any atom is -0.497 e. The average Bonchev–Trinajstić information content (AvgIpc) is 3.50. The fraction of sp³-hybridized carbons (Fsp3) is 0.243. The number of ether oxygens (including phenoxy) is 1. The molecule has 1 saturated heterocycles. The molecule has 7 rings (SSSR count). The number of carbonyl (C=O) groups is 3. The smallest absolute Gasteiger partial charge is 0.308 e. The van der Waals surface area contributed by atoms with E-state index in [9.17, 15) is 19.2 Å². The van der Waals surface area contributed by atoms with Crippen LogP contribution in [0.1, 0.15) is 42.7 Å². The van der Waals surface area contributed by atoms with Gasteiger partial charge in [-0.1, -0.05) is 98.5 Å². The van der Waals surface area contributed by atoms with Crippen LogP contribution in [-0.4, -0.2) is 34.6 Å². The summed E-state index contributed by atoms with van der Waals surface area (Å²) < 4.78 is 6.72. The number of fused-ring (bicyclic) bond motifs is 3. The number of imide groups is 1. The summed E-state index contributed by atoms with van der Waals surface area (Å²) in [5.74, 6) is -1.65. The topological polar surface area (TPSA) is 97.7 Å². The standard InChI is InChI=1S/C37H33N3O5S2/c1-37(2,3)24-12-9-22(10-13-24)29-30-31(34(43)40(33(30)42)26-15-17-27(45-4)18-16-26)46-35-32(29)47-36(44)39(35)20-28(41)38-25-14-11-21-7-5-6-8-23(21)19-25/h5-19,29-31H,20H2,1-4H3,(H,38,41)/t29-,30-,31+/m0/s1. The lowest BCUT2D eigenvalue weighted by molar-refractivity contribution is -0.122. The molecule has 1 aromatic heterocycles.